The van der Waals surface area contributed by atoms with Gasteiger partial charge >= 0.3 is 5.97 Å². The average molecular weight is 508 g/mol. The molecule has 0 unspecified atom stereocenters. The van der Waals surface area contributed by atoms with Crippen LogP contribution in [-0.2, 0) is 11.2 Å². The number of amides is 1. The van der Waals surface area contributed by atoms with Crippen LogP contribution in [0.1, 0.15) is 98.2 Å². The molecule has 2 aromatic heterocycles. The van der Waals surface area contributed by atoms with Gasteiger partial charge in [-0.2, -0.15) is 0 Å². The second-order valence-corrected chi connectivity index (χ2v) is 11.9. The molecule has 2 aliphatic rings. The van der Waals surface area contributed by atoms with Gasteiger partial charge in [0, 0.05) is 28.9 Å². The fourth-order valence-corrected chi connectivity index (χ4v) is 7.06. The summed E-state index contributed by atoms with van der Waals surface area (Å²) in [5, 5.41) is 14.5. The van der Waals surface area contributed by atoms with Gasteiger partial charge in [0.2, 0.25) is 0 Å². The average Bonchev–Trinajstić information content (AvgIpc) is 3.60. The fraction of sp³-hybridized carbons (Fsp3) is 0.552. The number of imidazole rings is 1. The maximum Gasteiger partial charge on any atom is 0.305 e. The highest BCUT2D eigenvalue weighted by molar-refractivity contribution is 7.09. The maximum atomic E-state index is 13.2. The van der Waals surface area contributed by atoms with Gasteiger partial charge in [-0.25, -0.2) is 4.98 Å². The smallest absolute Gasteiger partial charge is 0.305 e. The van der Waals surface area contributed by atoms with Gasteiger partial charge in [-0.1, -0.05) is 51.5 Å². The second kappa shape index (κ2) is 11.2. The first kappa shape index (κ1) is 25.0. The third kappa shape index (κ3) is 5.66. The van der Waals surface area contributed by atoms with Crippen molar-refractivity contribution in [2.24, 2.45) is 11.8 Å². The molecule has 2 fully saturated rings. The topological polar surface area (TPSA) is 84.2 Å². The number of carboxylic acids is 1. The molecule has 0 aliphatic heterocycles. The van der Waals surface area contributed by atoms with E-state index in [-0.39, 0.29) is 18.4 Å². The Kier molecular flexibility index (Phi) is 7.75. The number of thiophene rings is 1. The molecule has 36 heavy (non-hydrogen) atoms. The highest BCUT2D eigenvalue weighted by atomic mass is 32.1. The molecule has 0 bridgehead atoms. The minimum absolute atomic E-state index is 0.0381. The Morgan fingerprint density at radius 1 is 1.14 bits per heavy atom. The molecule has 0 saturated heterocycles. The van der Waals surface area contributed by atoms with Crippen molar-refractivity contribution in [3.05, 3.63) is 52.0 Å². The number of hydrogen-bond acceptors (Lipinski definition) is 4. The van der Waals surface area contributed by atoms with Crippen LogP contribution in [-0.4, -0.2) is 32.6 Å². The van der Waals surface area contributed by atoms with Gasteiger partial charge in [0.25, 0.3) is 5.91 Å². The van der Waals surface area contributed by atoms with Crippen LogP contribution in [0.25, 0.3) is 11.0 Å². The number of aliphatic carboxylic acids is 1. The first-order valence-corrected chi connectivity index (χ1v) is 14.4. The molecule has 2 aliphatic carbocycles. The predicted molar refractivity (Wildman–Crippen MR) is 144 cm³/mol. The molecule has 2 saturated carbocycles. The van der Waals surface area contributed by atoms with Crippen molar-refractivity contribution in [1.29, 1.82) is 0 Å². The van der Waals surface area contributed by atoms with Crippen molar-refractivity contribution in [2.45, 2.75) is 89.6 Å². The van der Waals surface area contributed by atoms with Gasteiger partial charge in [-0.05, 0) is 60.7 Å². The lowest BCUT2D eigenvalue weighted by atomic mass is 9.85. The zero-order chi connectivity index (χ0) is 25.1. The van der Waals surface area contributed by atoms with Crippen LogP contribution in [0, 0.1) is 11.8 Å². The molecule has 0 radical (unpaired) electrons. The monoisotopic (exact) mass is 507 g/mol. The Balaban J connectivity index is 1.42. The van der Waals surface area contributed by atoms with Gasteiger partial charge < -0.3 is 15.0 Å². The van der Waals surface area contributed by atoms with Crippen LogP contribution < -0.4 is 5.32 Å². The van der Waals surface area contributed by atoms with E-state index in [0.29, 0.717) is 23.4 Å². The van der Waals surface area contributed by atoms with E-state index in [1.807, 2.05) is 18.2 Å². The number of rotatable bonds is 9. The van der Waals surface area contributed by atoms with Crippen molar-refractivity contribution >= 4 is 34.2 Å². The van der Waals surface area contributed by atoms with E-state index in [1.165, 1.54) is 37.0 Å². The number of nitrogens with one attached hydrogen (secondary N) is 1. The number of benzene rings is 1. The Morgan fingerprint density at radius 3 is 2.64 bits per heavy atom. The highest BCUT2D eigenvalue weighted by Crippen LogP contribution is 2.37. The van der Waals surface area contributed by atoms with Gasteiger partial charge in [0.15, 0.2) is 0 Å². The van der Waals surface area contributed by atoms with Crippen molar-refractivity contribution in [2.75, 3.05) is 0 Å². The molecule has 2 N–H and O–H groups in total. The van der Waals surface area contributed by atoms with Gasteiger partial charge in [-0.15, -0.1) is 11.3 Å². The first-order chi connectivity index (χ1) is 17.5. The molecule has 0 spiro atoms. The standard InChI is InChI=1S/C29H37N3O3S/c1-19-7-2-5-11-25(19)32-26-13-12-21(16-24(26)31-27(32)18-23-10-6-14-36-23)29(35)30-22(17-28(33)34)15-20-8-3-4-9-20/h6,10,12-14,16,19-20,22,25H,2-5,7-9,11,15,17-18H2,1H3,(H,30,35)(H,33,34)/t19-,22+,25-/m1/s1. The van der Waals surface area contributed by atoms with Crippen molar-refractivity contribution in [1.82, 2.24) is 14.9 Å². The number of aromatic nitrogens is 2. The Labute approximate surface area is 217 Å². The van der Waals surface area contributed by atoms with Crippen LogP contribution in [0.3, 0.4) is 0 Å². The first-order valence-electron chi connectivity index (χ1n) is 13.5. The molecule has 192 valence electrons. The van der Waals surface area contributed by atoms with Gasteiger partial charge in [0.1, 0.15) is 5.82 Å². The summed E-state index contributed by atoms with van der Waals surface area (Å²) in [6.45, 7) is 2.35. The summed E-state index contributed by atoms with van der Waals surface area (Å²) < 4.78 is 2.44. The number of nitrogens with zero attached hydrogens (tertiary/aromatic N) is 2. The lowest BCUT2D eigenvalue weighted by molar-refractivity contribution is -0.137. The minimum atomic E-state index is -0.868. The quantitative estimate of drug-likeness (QED) is 0.342. The molecule has 3 aromatic rings. The summed E-state index contributed by atoms with van der Waals surface area (Å²) in [5.74, 6) is 1.08. The third-order valence-electron chi connectivity index (χ3n) is 8.18. The Bertz CT molecular complexity index is 1200. The van der Waals surface area contributed by atoms with E-state index < -0.39 is 5.97 Å². The number of carbonyl (C=O) groups is 2. The van der Waals surface area contributed by atoms with E-state index in [2.05, 4.69) is 34.3 Å². The summed E-state index contributed by atoms with van der Waals surface area (Å²) in [6, 6.07) is 10.1. The number of fused-ring (bicyclic) bond motifs is 1. The molecular formula is C29H37N3O3S. The summed E-state index contributed by atoms with van der Waals surface area (Å²) in [6.07, 6.45) is 11.1. The van der Waals surface area contributed by atoms with E-state index in [9.17, 15) is 14.7 Å². The van der Waals surface area contributed by atoms with E-state index >= 15 is 0 Å². The van der Waals surface area contributed by atoms with Gasteiger partial charge in [-0.3, -0.25) is 9.59 Å². The normalized spacial score (nSPS) is 21.6. The predicted octanol–water partition coefficient (Wildman–Crippen LogP) is 6.59. The number of hydrogen-bond donors (Lipinski definition) is 2. The molecule has 5 rings (SSSR count). The van der Waals surface area contributed by atoms with E-state index in [0.717, 1.165) is 49.0 Å². The maximum absolute atomic E-state index is 13.2. The van der Waals surface area contributed by atoms with E-state index in [4.69, 9.17) is 4.98 Å². The number of carboxylic acid groups (broad SMARTS) is 1. The largest absolute Gasteiger partial charge is 0.481 e. The SMILES string of the molecule is C[C@@H]1CCCC[C@H]1n1c(Cc2cccs2)nc2cc(C(=O)N[C@H](CC(=O)O)CC3CCCC3)ccc21. The van der Waals surface area contributed by atoms with Crippen LogP contribution in [0.2, 0.25) is 0 Å². The zero-order valence-corrected chi connectivity index (χ0v) is 21.9. The third-order valence-corrected chi connectivity index (χ3v) is 9.06. The van der Waals surface area contributed by atoms with E-state index in [1.54, 1.807) is 11.3 Å². The summed E-state index contributed by atoms with van der Waals surface area (Å²) in [7, 11) is 0. The van der Waals surface area contributed by atoms with Crippen LogP contribution in [0.4, 0.5) is 0 Å². The molecule has 1 aromatic carbocycles. The van der Waals surface area contributed by atoms with Crippen LogP contribution in [0.5, 0.6) is 0 Å². The molecule has 7 heteroatoms. The highest BCUT2D eigenvalue weighted by Gasteiger charge is 2.28. The van der Waals surface area contributed by atoms with Crippen molar-refractivity contribution < 1.29 is 14.7 Å². The summed E-state index contributed by atoms with van der Waals surface area (Å²) >= 11 is 1.75. The molecule has 1 amide bonds. The molecule has 6 nitrogen and oxygen atoms in total. The second-order valence-electron chi connectivity index (χ2n) is 10.8. The molecule has 2 heterocycles. The lowest BCUT2D eigenvalue weighted by Gasteiger charge is -2.31. The Morgan fingerprint density at radius 2 is 1.92 bits per heavy atom. The molecule has 3 atom stereocenters. The van der Waals surface area contributed by atoms with Crippen molar-refractivity contribution in [3.8, 4) is 0 Å². The molecular weight excluding hydrogens is 470 g/mol. The van der Waals surface area contributed by atoms with Crippen molar-refractivity contribution in [3.63, 3.8) is 0 Å². The Hall–Kier alpha value is -2.67. The van der Waals surface area contributed by atoms with Crippen LogP contribution in [0.15, 0.2) is 35.7 Å². The minimum Gasteiger partial charge on any atom is -0.481 e. The lowest BCUT2D eigenvalue weighted by Crippen LogP contribution is -2.37. The summed E-state index contributed by atoms with van der Waals surface area (Å²) in [4.78, 5) is 31.0. The fourth-order valence-electron chi connectivity index (χ4n) is 6.36. The number of carbonyl (C=O) groups excluding carboxylic acids is 1. The summed E-state index contributed by atoms with van der Waals surface area (Å²) in [5.41, 5.74) is 2.48. The van der Waals surface area contributed by atoms with Crippen LogP contribution >= 0.6 is 11.3 Å². The van der Waals surface area contributed by atoms with Gasteiger partial charge in [0.05, 0.1) is 17.5 Å². The zero-order valence-electron chi connectivity index (χ0n) is 21.1.